The fraction of sp³-hybridized carbons (Fsp3) is 0.276. The van der Waals surface area contributed by atoms with Crippen molar-refractivity contribution in [3.05, 3.63) is 84.7 Å². The van der Waals surface area contributed by atoms with Crippen molar-refractivity contribution in [1.29, 1.82) is 0 Å². The molecule has 1 fully saturated rings. The number of benzene rings is 3. The number of nitrogens with one attached hydrogen (secondary N) is 1. The number of sulfonamides is 1. The number of hydrogen-bond donors (Lipinski definition) is 1. The highest BCUT2D eigenvalue weighted by Crippen LogP contribution is 2.35. The summed E-state index contributed by atoms with van der Waals surface area (Å²) in [5, 5.41) is 1.80. The van der Waals surface area contributed by atoms with Crippen molar-refractivity contribution in [2.45, 2.75) is 49.2 Å². The van der Waals surface area contributed by atoms with E-state index in [0.29, 0.717) is 23.7 Å². The number of rotatable bonds is 12. The minimum Gasteiger partial charge on any atom is -0.494 e. The zero-order valence-electron chi connectivity index (χ0n) is 22.0. The van der Waals surface area contributed by atoms with E-state index in [1.807, 2.05) is 0 Å². The van der Waals surface area contributed by atoms with Gasteiger partial charge in [-0.05, 0) is 67.1 Å². The highest BCUT2D eigenvalue weighted by Gasteiger charge is 2.41. The molecule has 1 aliphatic heterocycles. The second kappa shape index (κ2) is 13.6. The van der Waals surface area contributed by atoms with Gasteiger partial charge >= 0.3 is 0 Å². The minimum absolute atomic E-state index is 0.0845. The number of amidine groups is 1. The number of thioether (sulfide) groups is 1. The molecule has 1 aliphatic rings. The van der Waals surface area contributed by atoms with Crippen molar-refractivity contribution in [3.8, 4) is 5.75 Å². The lowest BCUT2D eigenvalue weighted by Crippen LogP contribution is -2.33. The Morgan fingerprint density at radius 1 is 1.00 bits per heavy atom. The van der Waals surface area contributed by atoms with E-state index in [1.54, 1.807) is 54.6 Å². The molecule has 0 bridgehead atoms. The van der Waals surface area contributed by atoms with Gasteiger partial charge in [0.05, 0.1) is 17.2 Å². The van der Waals surface area contributed by atoms with Crippen LogP contribution in [-0.4, -0.2) is 37.3 Å². The van der Waals surface area contributed by atoms with E-state index in [-0.39, 0.29) is 16.5 Å². The third-order valence-corrected chi connectivity index (χ3v) is 8.57. The predicted molar refractivity (Wildman–Crippen MR) is 156 cm³/mol. The SMILES string of the molecule is CCCCCCOc1ccc(NC(=O)CC2S/C(=N/S(=O)(=O)c3ccc(F)cc3)N(c3ccccc3)C2=O)cc1. The number of amides is 2. The van der Waals surface area contributed by atoms with Gasteiger partial charge < -0.3 is 10.1 Å². The average molecular weight is 584 g/mol. The smallest absolute Gasteiger partial charge is 0.284 e. The lowest BCUT2D eigenvalue weighted by atomic mass is 10.2. The number of halogens is 1. The van der Waals surface area contributed by atoms with Crippen molar-refractivity contribution < 1.29 is 27.1 Å². The highest BCUT2D eigenvalue weighted by atomic mass is 32.2. The number of carbonyl (C=O) groups excluding carboxylic acids is 2. The summed E-state index contributed by atoms with van der Waals surface area (Å²) in [5.74, 6) is -0.753. The van der Waals surface area contributed by atoms with Crippen LogP contribution < -0.4 is 15.0 Å². The molecule has 1 atom stereocenters. The lowest BCUT2D eigenvalue weighted by Gasteiger charge is -2.16. The average Bonchev–Trinajstić information content (AvgIpc) is 3.23. The highest BCUT2D eigenvalue weighted by molar-refractivity contribution is 8.16. The zero-order valence-corrected chi connectivity index (χ0v) is 23.6. The van der Waals surface area contributed by atoms with E-state index in [2.05, 4.69) is 16.6 Å². The number of unbranched alkanes of at least 4 members (excludes halogenated alkanes) is 3. The third-order valence-electron chi connectivity index (χ3n) is 6.03. The molecule has 3 aromatic rings. The molecule has 210 valence electrons. The number of carbonyl (C=O) groups is 2. The first kappa shape index (κ1) is 29.3. The molecule has 4 rings (SSSR count). The van der Waals surface area contributed by atoms with Gasteiger partial charge in [-0.3, -0.25) is 14.5 Å². The molecule has 2 amide bonds. The van der Waals surface area contributed by atoms with E-state index in [0.717, 1.165) is 55.3 Å². The normalized spacial score (nSPS) is 16.4. The van der Waals surface area contributed by atoms with Crippen LogP contribution in [0.2, 0.25) is 0 Å². The van der Waals surface area contributed by atoms with Gasteiger partial charge in [-0.25, -0.2) is 4.39 Å². The Balaban J connectivity index is 1.45. The van der Waals surface area contributed by atoms with Gasteiger partial charge in [0, 0.05) is 12.1 Å². The largest absolute Gasteiger partial charge is 0.494 e. The summed E-state index contributed by atoms with van der Waals surface area (Å²) in [6, 6.07) is 19.7. The molecule has 0 radical (unpaired) electrons. The summed E-state index contributed by atoms with van der Waals surface area (Å²) in [4.78, 5) is 27.2. The number of nitrogens with zero attached hydrogens (tertiary/aromatic N) is 2. The van der Waals surface area contributed by atoms with Gasteiger partial charge in [0.15, 0.2) is 5.17 Å². The first-order chi connectivity index (χ1) is 19.3. The van der Waals surface area contributed by atoms with E-state index in [1.165, 1.54) is 11.3 Å². The molecule has 0 spiro atoms. The van der Waals surface area contributed by atoms with Crippen LogP contribution in [0.15, 0.2) is 88.2 Å². The van der Waals surface area contributed by atoms with Crippen molar-refractivity contribution in [3.63, 3.8) is 0 Å². The monoisotopic (exact) mass is 583 g/mol. The summed E-state index contributed by atoms with van der Waals surface area (Å²) in [6.45, 7) is 2.78. The Hall–Kier alpha value is -3.70. The van der Waals surface area contributed by atoms with E-state index < -0.39 is 32.9 Å². The van der Waals surface area contributed by atoms with E-state index >= 15 is 0 Å². The second-order valence-electron chi connectivity index (χ2n) is 9.10. The standard InChI is InChI=1S/C29H30FN3O5S2/c1-2-3-4-8-19-38-24-15-13-22(14-16-24)31-27(34)20-26-28(35)33(23-9-6-5-7-10-23)29(39-26)32-40(36,37)25-17-11-21(30)12-18-25/h5-7,9-18,26H,2-4,8,19-20H2,1H3,(H,31,34)/b32-29+. The maximum atomic E-state index is 13.4. The fourth-order valence-corrected chi connectivity index (χ4v) is 6.31. The van der Waals surface area contributed by atoms with Crippen molar-refractivity contribution in [2.75, 3.05) is 16.8 Å². The molecule has 0 aliphatic carbocycles. The Morgan fingerprint density at radius 3 is 2.38 bits per heavy atom. The molecule has 3 aromatic carbocycles. The summed E-state index contributed by atoms with van der Waals surface area (Å²) >= 11 is 0.895. The number of para-hydroxylation sites is 1. The molecule has 0 saturated carbocycles. The Bertz CT molecular complexity index is 1450. The van der Waals surface area contributed by atoms with Crippen LogP contribution in [0.4, 0.5) is 15.8 Å². The first-order valence-corrected chi connectivity index (χ1v) is 15.3. The van der Waals surface area contributed by atoms with E-state index in [9.17, 15) is 22.4 Å². The molecule has 40 heavy (non-hydrogen) atoms. The quantitative estimate of drug-likeness (QED) is 0.262. The Morgan fingerprint density at radius 2 is 1.70 bits per heavy atom. The predicted octanol–water partition coefficient (Wildman–Crippen LogP) is 6.01. The van der Waals surface area contributed by atoms with Gasteiger partial charge in [-0.1, -0.05) is 56.1 Å². The molecule has 1 unspecified atom stereocenters. The summed E-state index contributed by atoms with van der Waals surface area (Å²) < 4.78 is 48.8. The van der Waals surface area contributed by atoms with Crippen LogP contribution in [0.5, 0.6) is 5.75 Å². The first-order valence-electron chi connectivity index (χ1n) is 13.0. The van der Waals surface area contributed by atoms with Crippen LogP contribution in [0, 0.1) is 5.82 Å². The van der Waals surface area contributed by atoms with Crippen LogP contribution >= 0.6 is 11.8 Å². The van der Waals surface area contributed by atoms with Gasteiger partial charge in [0.2, 0.25) is 11.8 Å². The van der Waals surface area contributed by atoms with Gasteiger partial charge in [-0.2, -0.15) is 8.42 Å². The minimum atomic E-state index is -4.25. The molecular weight excluding hydrogens is 553 g/mol. The molecule has 1 heterocycles. The molecule has 1 saturated heterocycles. The topological polar surface area (TPSA) is 105 Å². The van der Waals surface area contributed by atoms with Gasteiger partial charge in [0.1, 0.15) is 16.8 Å². The summed E-state index contributed by atoms with van der Waals surface area (Å²) in [5.41, 5.74) is 0.965. The second-order valence-corrected chi connectivity index (χ2v) is 11.9. The molecule has 1 N–H and O–H groups in total. The number of hydrogen-bond acceptors (Lipinski definition) is 6. The number of ether oxygens (including phenoxy) is 1. The van der Waals surface area contributed by atoms with Crippen LogP contribution in [0.25, 0.3) is 0 Å². The Labute approximate surface area is 237 Å². The third kappa shape index (κ3) is 7.70. The Kier molecular flexibility index (Phi) is 9.94. The van der Waals surface area contributed by atoms with Crippen molar-refractivity contribution in [2.24, 2.45) is 4.40 Å². The van der Waals surface area contributed by atoms with Crippen molar-refractivity contribution >= 4 is 50.1 Å². The van der Waals surface area contributed by atoms with Gasteiger partial charge in [-0.15, -0.1) is 4.40 Å². The maximum absolute atomic E-state index is 13.4. The van der Waals surface area contributed by atoms with Gasteiger partial charge in [0.25, 0.3) is 10.0 Å². The maximum Gasteiger partial charge on any atom is 0.284 e. The van der Waals surface area contributed by atoms with Crippen LogP contribution in [0.1, 0.15) is 39.0 Å². The molecule has 0 aromatic heterocycles. The number of anilines is 2. The lowest BCUT2D eigenvalue weighted by molar-refractivity contribution is -0.121. The van der Waals surface area contributed by atoms with Crippen LogP contribution in [0.3, 0.4) is 0 Å². The summed E-state index contributed by atoms with van der Waals surface area (Å²) in [7, 11) is -4.25. The fourth-order valence-electron chi connectivity index (χ4n) is 3.97. The summed E-state index contributed by atoms with van der Waals surface area (Å²) in [6.07, 6.45) is 4.24. The molecule has 11 heteroatoms. The zero-order chi connectivity index (χ0) is 28.5. The van der Waals surface area contributed by atoms with E-state index in [4.69, 9.17) is 4.74 Å². The van der Waals surface area contributed by atoms with Crippen molar-refractivity contribution in [1.82, 2.24) is 0 Å². The molecular formula is C29H30FN3O5S2. The molecule has 8 nitrogen and oxygen atoms in total. The van der Waals surface area contributed by atoms with Crippen LogP contribution in [-0.2, 0) is 19.6 Å².